The number of aromatic nitrogens is 2. The molecule has 0 saturated heterocycles. The quantitative estimate of drug-likeness (QED) is 0.734. The number of nitrogens with zero attached hydrogens (tertiary/aromatic N) is 1. The van der Waals surface area contributed by atoms with Gasteiger partial charge in [0, 0.05) is 10.6 Å². The molecule has 1 heterocycles. The van der Waals surface area contributed by atoms with Crippen molar-refractivity contribution < 1.29 is 0 Å². The fourth-order valence-electron chi connectivity index (χ4n) is 1.74. The van der Waals surface area contributed by atoms with E-state index in [-0.39, 0.29) is 11.2 Å². The molecular formula is C11H13ClN2O. The van der Waals surface area contributed by atoms with Crippen LogP contribution in [0.15, 0.2) is 23.0 Å². The lowest BCUT2D eigenvalue weighted by Gasteiger charge is -2.20. The number of halogens is 1. The predicted molar refractivity (Wildman–Crippen MR) is 62.6 cm³/mol. The van der Waals surface area contributed by atoms with Crippen molar-refractivity contribution in [1.29, 1.82) is 0 Å². The first kappa shape index (κ1) is 10.3. The summed E-state index contributed by atoms with van der Waals surface area (Å²) in [5, 5.41) is 0.638. The highest BCUT2D eigenvalue weighted by molar-refractivity contribution is 6.31. The van der Waals surface area contributed by atoms with E-state index in [1.807, 2.05) is 26.8 Å². The minimum Gasteiger partial charge on any atom is -0.306 e. The average Bonchev–Trinajstić information content (AvgIpc) is 2.38. The molecule has 0 amide bonds. The van der Waals surface area contributed by atoms with Crippen LogP contribution in [0.5, 0.6) is 0 Å². The van der Waals surface area contributed by atoms with Crippen LogP contribution >= 0.6 is 11.6 Å². The van der Waals surface area contributed by atoms with Gasteiger partial charge in [0.25, 0.3) is 0 Å². The van der Waals surface area contributed by atoms with E-state index in [1.54, 1.807) is 16.7 Å². The molecule has 0 aliphatic carbocycles. The molecule has 0 aliphatic heterocycles. The molecule has 0 fully saturated rings. The topological polar surface area (TPSA) is 37.8 Å². The van der Waals surface area contributed by atoms with Crippen LogP contribution in [0.4, 0.5) is 0 Å². The van der Waals surface area contributed by atoms with Crippen LogP contribution in [0.2, 0.25) is 5.02 Å². The van der Waals surface area contributed by atoms with E-state index < -0.39 is 0 Å². The Morgan fingerprint density at radius 2 is 2.00 bits per heavy atom. The number of aromatic amines is 1. The van der Waals surface area contributed by atoms with Gasteiger partial charge >= 0.3 is 5.69 Å². The first-order valence-electron chi connectivity index (χ1n) is 4.80. The van der Waals surface area contributed by atoms with E-state index in [0.717, 1.165) is 11.0 Å². The highest BCUT2D eigenvalue weighted by Crippen LogP contribution is 2.22. The Morgan fingerprint density at radius 1 is 1.33 bits per heavy atom. The van der Waals surface area contributed by atoms with Crippen molar-refractivity contribution in [2.45, 2.75) is 26.3 Å². The van der Waals surface area contributed by atoms with Gasteiger partial charge in [0.15, 0.2) is 0 Å². The van der Waals surface area contributed by atoms with Crippen molar-refractivity contribution in [3.05, 3.63) is 33.7 Å². The number of nitrogens with one attached hydrogen (secondary N) is 1. The van der Waals surface area contributed by atoms with E-state index in [0.29, 0.717) is 5.02 Å². The third-order valence-corrected chi connectivity index (χ3v) is 2.55. The standard InChI is InChI=1S/C11H13ClN2O/c1-11(2,3)14-9-6-7(12)4-5-8(9)13-10(14)15/h4-6H,1-3H3,(H,13,15). The lowest BCUT2D eigenvalue weighted by molar-refractivity contribution is 0.397. The predicted octanol–water partition coefficient (Wildman–Crippen LogP) is 2.74. The van der Waals surface area contributed by atoms with Crippen LogP contribution in [-0.4, -0.2) is 9.55 Å². The van der Waals surface area contributed by atoms with E-state index in [2.05, 4.69) is 4.98 Å². The zero-order valence-corrected chi connectivity index (χ0v) is 9.72. The molecule has 1 aromatic heterocycles. The van der Waals surface area contributed by atoms with Gasteiger partial charge in [0.1, 0.15) is 0 Å². The Bertz CT molecular complexity index is 560. The van der Waals surface area contributed by atoms with Crippen molar-refractivity contribution in [3.8, 4) is 0 Å². The molecule has 80 valence electrons. The molecule has 0 atom stereocenters. The third kappa shape index (κ3) is 1.67. The number of benzene rings is 1. The van der Waals surface area contributed by atoms with Crippen molar-refractivity contribution in [2.24, 2.45) is 0 Å². The van der Waals surface area contributed by atoms with Gasteiger partial charge in [-0.2, -0.15) is 0 Å². The molecule has 1 aromatic carbocycles. The van der Waals surface area contributed by atoms with Crippen LogP contribution in [0.1, 0.15) is 20.8 Å². The van der Waals surface area contributed by atoms with E-state index >= 15 is 0 Å². The molecule has 1 N–H and O–H groups in total. The third-order valence-electron chi connectivity index (χ3n) is 2.32. The second kappa shape index (κ2) is 3.14. The number of fused-ring (bicyclic) bond motifs is 1. The minimum atomic E-state index is -0.250. The molecule has 3 nitrogen and oxygen atoms in total. The van der Waals surface area contributed by atoms with Gasteiger partial charge in [-0.3, -0.25) is 4.57 Å². The molecule has 2 aromatic rings. The van der Waals surface area contributed by atoms with Crippen molar-refractivity contribution in [3.63, 3.8) is 0 Å². The minimum absolute atomic E-state index is 0.0974. The Morgan fingerprint density at radius 3 is 2.60 bits per heavy atom. The molecule has 0 bridgehead atoms. The second-order valence-electron chi connectivity index (χ2n) is 4.60. The first-order valence-corrected chi connectivity index (χ1v) is 5.18. The van der Waals surface area contributed by atoms with E-state index in [4.69, 9.17) is 11.6 Å². The number of imidazole rings is 1. The van der Waals surface area contributed by atoms with Gasteiger partial charge in [-0.25, -0.2) is 4.79 Å². The first-order chi connectivity index (χ1) is 6.89. The molecule has 0 saturated carbocycles. The molecule has 4 heteroatoms. The summed E-state index contributed by atoms with van der Waals surface area (Å²) in [6.45, 7) is 5.97. The molecule has 0 unspecified atom stereocenters. The fraction of sp³-hybridized carbons (Fsp3) is 0.364. The summed E-state index contributed by atoms with van der Waals surface area (Å²) in [6, 6.07) is 5.40. The zero-order valence-electron chi connectivity index (χ0n) is 8.97. The van der Waals surface area contributed by atoms with Crippen LogP contribution in [0.25, 0.3) is 11.0 Å². The Balaban J connectivity index is 2.89. The summed E-state index contributed by atoms with van der Waals surface area (Å²) >= 11 is 5.92. The van der Waals surface area contributed by atoms with Crippen LogP contribution in [0.3, 0.4) is 0 Å². The highest BCUT2D eigenvalue weighted by Gasteiger charge is 2.19. The summed E-state index contributed by atoms with van der Waals surface area (Å²) in [6.07, 6.45) is 0. The Labute approximate surface area is 92.7 Å². The van der Waals surface area contributed by atoms with Crippen molar-refractivity contribution in [1.82, 2.24) is 9.55 Å². The van der Waals surface area contributed by atoms with Crippen molar-refractivity contribution in [2.75, 3.05) is 0 Å². The fourth-order valence-corrected chi connectivity index (χ4v) is 1.91. The van der Waals surface area contributed by atoms with Crippen LogP contribution < -0.4 is 5.69 Å². The smallest absolute Gasteiger partial charge is 0.306 e. The van der Waals surface area contributed by atoms with Gasteiger partial charge < -0.3 is 4.98 Å². The van der Waals surface area contributed by atoms with Crippen LogP contribution in [-0.2, 0) is 5.54 Å². The van der Waals surface area contributed by atoms with Gasteiger partial charge in [0.05, 0.1) is 11.0 Å². The molecule has 0 aliphatic rings. The summed E-state index contributed by atoms with van der Waals surface area (Å²) in [5.41, 5.74) is 1.32. The monoisotopic (exact) mass is 224 g/mol. The number of hydrogen-bond acceptors (Lipinski definition) is 1. The lowest BCUT2D eigenvalue weighted by Crippen LogP contribution is -2.31. The number of hydrogen-bond donors (Lipinski definition) is 1. The van der Waals surface area contributed by atoms with Crippen LogP contribution in [0, 0.1) is 0 Å². The van der Waals surface area contributed by atoms with Gasteiger partial charge in [-0.15, -0.1) is 0 Å². The summed E-state index contributed by atoms with van der Waals surface area (Å²) in [7, 11) is 0. The normalized spacial score (nSPS) is 12.3. The Hall–Kier alpha value is -1.22. The Kier molecular flexibility index (Phi) is 2.15. The number of H-pyrrole nitrogens is 1. The van der Waals surface area contributed by atoms with E-state index in [9.17, 15) is 4.79 Å². The van der Waals surface area contributed by atoms with Gasteiger partial charge in [0.2, 0.25) is 0 Å². The number of rotatable bonds is 0. The maximum Gasteiger partial charge on any atom is 0.326 e. The molecule has 0 radical (unpaired) electrons. The average molecular weight is 225 g/mol. The summed E-state index contributed by atoms with van der Waals surface area (Å²) < 4.78 is 1.72. The lowest BCUT2D eigenvalue weighted by atomic mass is 10.1. The SMILES string of the molecule is CC(C)(C)n1c(=O)[nH]c2ccc(Cl)cc21. The molecule has 15 heavy (non-hydrogen) atoms. The van der Waals surface area contributed by atoms with Gasteiger partial charge in [-0.05, 0) is 39.0 Å². The van der Waals surface area contributed by atoms with E-state index in [1.165, 1.54) is 0 Å². The molecular weight excluding hydrogens is 212 g/mol. The maximum atomic E-state index is 11.8. The second-order valence-corrected chi connectivity index (χ2v) is 5.03. The van der Waals surface area contributed by atoms with Crippen molar-refractivity contribution >= 4 is 22.6 Å². The molecule has 2 rings (SSSR count). The van der Waals surface area contributed by atoms with Gasteiger partial charge in [-0.1, -0.05) is 11.6 Å². The molecule has 0 spiro atoms. The largest absolute Gasteiger partial charge is 0.326 e. The zero-order chi connectivity index (χ0) is 11.2. The summed E-state index contributed by atoms with van der Waals surface area (Å²) in [5.74, 6) is 0. The maximum absolute atomic E-state index is 11.8. The summed E-state index contributed by atoms with van der Waals surface area (Å²) in [4.78, 5) is 14.6. The highest BCUT2D eigenvalue weighted by atomic mass is 35.5.